The van der Waals surface area contributed by atoms with Crippen LogP contribution in [0, 0.1) is 0 Å². The molecule has 14 heavy (non-hydrogen) atoms. The highest BCUT2D eigenvalue weighted by molar-refractivity contribution is 6.05. The average molecular weight is 192 g/mol. The summed E-state index contributed by atoms with van der Waals surface area (Å²) in [5, 5.41) is 6.03. The first-order valence-corrected chi connectivity index (χ1v) is 4.44. The van der Waals surface area contributed by atoms with Crippen LogP contribution in [-0.4, -0.2) is 18.0 Å². The summed E-state index contributed by atoms with van der Waals surface area (Å²) in [6, 6.07) is 3.64. The van der Waals surface area contributed by atoms with E-state index in [0.717, 1.165) is 5.84 Å². The average Bonchev–Trinajstić information content (AvgIpc) is 2.54. The molecule has 1 aromatic heterocycles. The number of guanidine groups is 1. The maximum absolute atomic E-state index is 5.13. The highest BCUT2D eigenvalue weighted by Gasteiger charge is 2.10. The summed E-state index contributed by atoms with van der Waals surface area (Å²) >= 11 is 0. The Labute approximate surface area is 81.9 Å². The molecule has 2 heterocycles. The van der Waals surface area contributed by atoms with Gasteiger partial charge in [0.15, 0.2) is 5.88 Å². The molecule has 74 valence electrons. The standard InChI is InChI=1S/C9H12N4O/c1-6-10-7(2)12-9(11-6)13-8-4-3-5-14-8/h3-6H,1-2H3,(H2,10,11,12,13). The Morgan fingerprint density at radius 3 is 3.00 bits per heavy atom. The minimum Gasteiger partial charge on any atom is -0.449 e. The minimum absolute atomic E-state index is 0.0475. The zero-order chi connectivity index (χ0) is 9.97. The highest BCUT2D eigenvalue weighted by Crippen LogP contribution is 2.07. The van der Waals surface area contributed by atoms with Crippen LogP contribution in [0.1, 0.15) is 13.8 Å². The fourth-order valence-corrected chi connectivity index (χ4v) is 1.26. The van der Waals surface area contributed by atoms with Crippen LogP contribution in [0.2, 0.25) is 0 Å². The van der Waals surface area contributed by atoms with Crippen molar-refractivity contribution >= 4 is 17.7 Å². The Hall–Kier alpha value is -1.78. The molecule has 0 aliphatic carbocycles. The van der Waals surface area contributed by atoms with Crippen LogP contribution in [-0.2, 0) is 0 Å². The molecule has 5 nitrogen and oxygen atoms in total. The van der Waals surface area contributed by atoms with Gasteiger partial charge in [0.2, 0.25) is 5.96 Å². The molecule has 1 aliphatic rings. The molecule has 5 heteroatoms. The molecular formula is C9H12N4O. The number of nitrogens with zero attached hydrogens (tertiary/aromatic N) is 2. The van der Waals surface area contributed by atoms with Crippen LogP contribution in [0.25, 0.3) is 0 Å². The maximum Gasteiger partial charge on any atom is 0.205 e. The number of anilines is 1. The minimum atomic E-state index is -0.0475. The third-order valence-corrected chi connectivity index (χ3v) is 1.76. The van der Waals surface area contributed by atoms with Gasteiger partial charge in [-0.15, -0.1) is 0 Å². The number of furan rings is 1. The Morgan fingerprint density at radius 1 is 1.50 bits per heavy atom. The van der Waals surface area contributed by atoms with E-state index in [1.807, 2.05) is 26.0 Å². The predicted octanol–water partition coefficient (Wildman–Crippen LogP) is 1.42. The first-order chi connectivity index (χ1) is 6.74. The van der Waals surface area contributed by atoms with Crippen LogP contribution in [0.3, 0.4) is 0 Å². The largest absolute Gasteiger partial charge is 0.449 e. The second-order valence-electron chi connectivity index (χ2n) is 3.05. The Morgan fingerprint density at radius 2 is 2.36 bits per heavy atom. The van der Waals surface area contributed by atoms with Crippen molar-refractivity contribution in [2.45, 2.75) is 20.0 Å². The summed E-state index contributed by atoms with van der Waals surface area (Å²) in [6.07, 6.45) is 1.56. The smallest absolute Gasteiger partial charge is 0.205 e. The summed E-state index contributed by atoms with van der Waals surface area (Å²) in [5.74, 6) is 2.18. The molecule has 2 N–H and O–H groups in total. The van der Waals surface area contributed by atoms with Gasteiger partial charge < -0.3 is 9.73 Å². The summed E-state index contributed by atoms with van der Waals surface area (Å²) in [5.41, 5.74) is 0. The van der Waals surface area contributed by atoms with E-state index >= 15 is 0 Å². The van der Waals surface area contributed by atoms with Crippen LogP contribution >= 0.6 is 0 Å². The Balaban J connectivity index is 2.06. The third-order valence-electron chi connectivity index (χ3n) is 1.76. The second kappa shape index (κ2) is 3.53. The summed E-state index contributed by atoms with van der Waals surface area (Å²) < 4.78 is 5.13. The molecule has 2 rings (SSSR count). The predicted molar refractivity (Wildman–Crippen MR) is 55.5 cm³/mol. The van der Waals surface area contributed by atoms with Crippen molar-refractivity contribution in [1.29, 1.82) is 0 Å². The number of rotatable bonds is 1. The van der Waals surface area contributed by atoms with Crippen molar-refractivity contribution in [3.63, 3.8) is 0 Å². The van der Waals surface area contributed by atoms with E-state index in [0.29, 0.717) is 11.8 Å². The van der Waals surface area contributed by atoms with Gasteiger partial charge in [-0.05, 0) is 19.9 Å². The van der Waals surface area contributed by atoms with E-state index in [-0.39, 0.29) is 6.17 Å². The number of nitrogens with one attached hydrogen (secondary N) is 2. The van der Waals surface area contributed by atoms with Crippen LogP contribution in [0.5, 0.6) is 0 Å². The zero-order valence-corrected chi connectivity index (χ0v) is 8.11. The van der Waals surface area contributed by atoms with Crippen LogP contribution < -0.4 is 10.6 Å². The lowest BCUT2D eigenvalue weighted by Gasteiger charge is -2.16. The SMILES string of the molecule is CC1=NC(C)N=C(Nc2ccco2)N1. The van der Waals surface area contributed by atoms with Gasteiger partial charge in [-0.1, -0.05) is 0 Å². The Kier molecular flexibility index (Phi) is 2.22. The van der Waals surface area contributed by atoms with E-state index in [2.05, 4.69) is 20.6 Å². The first-order valence-electron chi connectivity index (χ1n) is 4.44. The molecule has 0 radical (unpaired) electrons. The molecule has 1 aliphatic heterocycles. The quantitative estimate of drug-likeness (QED) is 0.707. The molecule has 0 aromatic carbocycles. The van der Waals surface area contributed by atoms with E-state index in [9.17, 15) is 0 Å². The van der Waals surface area contributed by atoms with Crippen LogP contribution in [0.15, 0.2) is 32.8 Å². The van der Waals surface area contributed by atoms with Gasteiger partial charge in [-0.25, -0.2) is 9.98 Å². The normalized spacial score (nSPS) is 20.9. The second-order valence-corrected chi connectivity index (χ2v) is 3.05. The highest BCUT2D eigenvalue weighted by atomic mass is 16.3. The fourth-order valence-electron chi connectivity index (χ4n) is 1.26. The van der Waals surface area contributed by atoms with Gasteiger partial charge in [0, 0.05) is 6.07 Å². The van der Waals surface area contributed by atoms with Gasteiger partial charge in [0.1, 0.15) is 12.0 Å². The van der Waals surface area contributed by atoms with Crippen molar-refractivity contribution in [3.8, 4) is 0 Å². The van der Waals surface area contributed by atoms with E-state index in [4.69, 9.17) is 4.42 Å². The lowest BCUT2D eigenvalue weighted by Crippen LogP contribution is -2.38. The van der Waals surface area contributed by atoms with Gasteiger partial charge in [0.25, 0.3) is 0 Å². The van der Waals surface area contributed by atoms with Gasteiger partial charge in [0.05, 0.1) is 6.26 Å². The number of hydrogen-bond donors (Lipinski definition) is 2. The van der Waals surface area contributed by atoms with Crippen molar-refractivity contribution in [2.75, 3.05) is 5.32 Å². The summed E-state index contributed by atoms with van der Waals surface area (Å²) in [7, 11) is 0. The lowest BCUT2D eigenvalue weighted by atomic mass is 10.5. The van der Waals surface area contributed by atoms with E-state index in [1.54, 1.807) is 6.26 Å². The Bertz CT molecular complexity index is 366. The molecule has 1 atom stereocenters. The molecule has 0 bridgehead atoms. The topological polar surface area (TPSA) is 61.9 Å². The zero-order valence-electron chi connectivity index (χ0n) is 8.11. The molecule has 0 spiro atoms. The van der Waals surface area contributed by atoms with E-state index < -0.39 is 0 Å². The first kappa shape index (κ1) is 8.80. The van der Waals surface area contributed by atoms with Crippen LogP contribution in [0.4, 0.5) is 5.88 Å². The van der Waals surface area contributed by atoms with Gasteiger partial charge in [-0.3, -0.25) is 5.32 Å². The molecule has 0 saturated heterocycles. The lowest BCUT2D eigenvalue weighted by molar-refractivity contribution is 0.585. The van der Waals surface area contributed by atoms with Crippen molar-refractivity contribution in [1.82, 2.24) is 5.32 Å². The number of amidine groups is 1. The fraction of sp³-hybridized carbons (Fsp3) is 0.333. The number of aliphatic imine (C=N–C) groups is 2. The van der Waals surface area contributed by atoms with E-state index in [1.165, 1.54) is 0 Å². The molecule has 1 aromatic rings. The molecule has 0 fully saturated rings. The van der Waals surface area contributed by atoms with Crippen molar-refractivity contribution in [2.24, 2.45) is 9.98 Å². The molecular weight excluding hydrogens is 180 g/mol. The number of hydrogen-bond acceptors (Lipinski definition) is 5. The summed E-state index contributed by atoms with van der Waals surface area (Å²) in [4.78, 5) is 8.46. The summed E-state index contributed by atoms with van der Waals surface area (Å²) in [6.45, 7) is 3.82. The van der Waals surface area contributed by atoms with Gasteiger partial charge in [-0.2, -0.15) is 0 Å². The molecule has 1 unspecified atom stereocenters. The molecule has 0 amide bonds. The van der Waals surface area contributed by atoms with Gasteiger partial charge >= 0.3 is 0 Å². The molecule has 0 saturated carbocycles. The third kappa shape index (κ3) is 1.93. The van der Waals surface area contributed by atoms with Crippen molar-refractivity contribution in [3.05, 3.63) is 18.4 Å². The monoisotopic (exact) mass is 192 g/mol. The maximum atomic E-state index is 5.13. The van der Waals surface area contributed by atoms with Crippen molar-refractivity contribution < 1.29 is 4.42 Å².